The van der Waals surface area contributed by atoms with E-state index < -0.39 is 0 Å². The Balaban J connectivity index is 3.22. The van der Waals surface area contributed by atoms with E-state index in [0.29, 0.717) is 18.6 Å². The van der Waals surface area contributed by atoms with E-state index in [1.165, 1.54) is 57.8 Å². The molecule has 0 radical (unpaired) electrons. The first-order valence-electron chi connectivity index (χ1n) is 9.13. The number of unbranched alkanes of at least 4 members (excludes halogenated alkanes) is 8. The lowest BCUT2D eigenvalue weighted by molar-refractivity contribution is -0.118. The molecule has 0 aliphatic rings. The van der Waals surface area contributed by atoms with Crippen LogP contribution in [0.4, 0.5) is 0 Å². The van der Waals surface area contributed by atoms with E-state index >= 15 is 0 Å². The number of rotatable bonds is 15. The second-order valence-corrected chi connectivity index (χ2v) is 5.87. The van der Waals surface area contributed by atoms with E-state index in [2.05, 4.69) is 31.2 Å². The third-order valence-corrected chi connectivity index (χ3v) is 3.81. The highest BCUT2D eigenvalue weighted by molar-refractivity contribution is 5.78. The summed E-state index contributed by atoms with van der Waals surface area (Å²) in [6, 6.07) is 0. The summed E-state index contributed by atoms with van der Waals surface area (Å²) in [6.45, 7) is 4.20. The maximum atomic E-state index is 11.1. The summed E-state index contributed by atoms with van der Waals surface area (Å²) in [6.07, 6.45) is 24.5. The summed E-state index contributed by atoms with van der Waals surface area (Å²) in [5, 5.41) is 0. The van der Waals surface area contributed by atoms with Crippen LogP contribution in [0.3, 0.4) is 0 Å². The molecule has 0 bridgehead atoms. The van der Waals surface area contributed by atoms with Gasteiger partial charge in [-0.15, -0.1) is 0 Å². The molecule has 0 aromatic carbocycles. The van der Waals surface area contributed by atoms with Crippen molar-refractivity contribution in [3.63, 3.8) is 0 Å². The summed E-state index contributed by atoms with van der Waals surface area (Å²) in [4.78, 5) is 11.1. The van der Waals surface area contributed by atoms with Crippen LogP contribution in [-0.4, -0.2) is 5.78 Å². The van der Waals surface area contributed by atoms with E-state index in [1.807, 2.05) is 6.92 Å². The van der Waals surface area contributed by atoms with E-state index in [-0.39, 0.29) is 0 Å². The van der Waals surface area contributed by atoms with Crippen LogP contribution in [0.5, 0.6) is 0 Å². The van der Waals surface area contributed by atoms with Crippen LogP contribution < -0.4 is 0 Å². The van der Waals surface area contributed by atoms with Crippen LogP contribution in [-0.2, 0) is 4.79 Å². The maximum absolute atomic E-state index is 11.1. The van der Waals surface area contributed by atoms with Crippen molar-refractivity contribution in [2.75, 3.05) is 0 Å². The van der Waals surface area contributed by atoms with Gasteiger partial charge in [0.25, 0.3) is 0 Å². The van der Waals surface area contributed by atoms with Crippen molar-refractivity contribution in [2.24, 2.45) is 0 Å². The molecule has 0 aliphatic carbocycles. The molecule has 0 aromatic heterocycles. The predicted octanol–water partition coefficient (Wildman–Crippen LogP) is 6.78. The molecule has 0 unspecified atom stereocenters. The smallest absolute Gasteiger partial charge is 0.132 e. The Morgan fingerprint density at radius 2 is 1.29 bits per heavy atom. The van der Waals surface area contributed by atoms with Gasteiger partial charge in [-0.25, -0.2) is 0 Å². The van der Waals surface area contributed by atoms with Gasteiger partial charge < -0.3 is 0 Å². The molecule has 0 amide bonds. The average Bonchev–Trinajstić information content (AvgIpc) is 2.50. The Kier molecular flexibility index (Phi) is 16.5. The fraction of sp³-hybridized carbons (Fsp3) is 0.750. The van der Waals surface area contributed by atoms with Crippen molar-refractivity contribution in [1.82, 2.24) is 0 Å². The highest BCUT2D eigenvalue weighted by atomic mass is 16.1. The van der Waals surface area contributed by atoms with Crippen molar-refractivity contribution < 1.29 is 4.79 Å². The average molecular weight is 293 g/mol. The minimum absolute atomic E-state index is 0.366. The van der Waals surface area contributed by atoms with E-state index in [9.17, 15) is 4.79 Å². The highest BCUT2D eigenvalue weighted by Crippen LogP contribution is 2.09. The van der Waals surface area contributed by atoms with Crippen molar-refractivity contribution >= 4 is 5.78 Å². The molecule has 0 fully saturated rings. The zero-order valence-electron chi connectivity index (χ0n) is 14.4. The van der Waals surface area contributed by atoms with Crippen LogP contribution in [0.25, 0.3) is 0 Å². The molecular weight excluding hydrogens is 256 g/mol. The van der Waals surface area contributed by atoms with E-state index in [1.54, 1.807) is 0 Å². The van der Waals surface area contributed by atoms with Gasteiger partial charge in [-0.05, 0) is 25.7 Å². The molecule has 0 heterocycles. The fourth-order valence-electron chi connectivity index (χ4n) is 2.32. The molecule has 122 valence electrons. The van der Waals surface area contributed by atoms with Crippen LogP contribution >= 0.6 is 0 Å². The molecule has 0 saturated carbocycles. The lowest BCUT2D eigenvalue weighted by Crippen LogP contribution is -1.92. The first-order chi connectivity index (χ1) is 10.3. The second kappa shape index (κ2) is 17.2. The van der Waals surface area contributed by atoms with Gasteiger partial charge in [0.05, 0.1) is 0 Å². The Hall–Kier alpha value is -0.850. The van der Waals surface area contributed by atoms with Gasteiger partial charge in [-0.2, -0.15) is 0 Å². The monoisotopic (exact) mass is 292 g/mol. The van der Waals surface area contributed by atoms with Gasteiger partial charge in [0.15, 0.2) is 0 Å². The van der Waals surface area contributed by atoms with Crippen LogP contribution in [0.15, 0.2) is 24.3 Å². The molecule has 0 aromatic rings. The standard InChI is InChI=1S/C20H36O/c1-3-5-6-7-8-9-10-11-12-13-14-15-16-17-18-19-20(21)4-2/h13-14,16-17H,3-12,15,18-19H2,1-2H3. The van der Waals surface area contributed by atoms with Crippen LogP contribution in [0.2, 0.25) is 0 Å². The third kappa shape index (κ3) is 17.1. The summed E-state index contributed by atoms with van der Waals surface area (Å²) >= 11 is 0. The van der Waals surface area contributed by atoms with Crippen molar-refractivity contribution in [3.05, 3.63) is 24.3 Å². The molecule has 1 heteroatoms. The Bertz CT molecular complexity index is 276. The van der Waals surface area contributed by atoms with Crippen LogP contribution in [0, 0.1) is 0 Å². The number of carbonyl (C=O) groups is 1. The topological polar surface area (TPSA) is 17.1 Å². The molecule has 0 spiro atoms. The number of Topliss-reactive ketones (excluding diaryl/α,β-unsaturated/α-hetero) is 1. The summed E-state index contributed by atoms with van der Waals surface area (Å²) < 4.78 is 0. The van der Waals surface area contributed by atoms with Gasteiger partial charge >= 0.3 is 0 Å². The van der Waals surface area contributed by atoms with Crippen LogP contribution in [0.1, 0.15) is 97.3 Å². The number of allylic oxidation sites excluding steroid dienone is 4. The first-order valence-corrected chi connectivity index (χ1v) is 9.13. The second-order valence-electron chi connectivity index (χ2n) is 5.87. The zero-order chi connectivity index (χ0) is 15.6. The molecule has 0 N–H and O–H groups in total. The Morgan fingerprint density at radius 1 is 0.714 bits per heavy atom. The summed E-state index contributed by atoms with van der Waals surface area (Å²) in [5.74, 6) is 0.366. The lowest BCUT2D eigenvalue weighted by Gasteiger charge is -1.99. The zero-order valence-corrected chi connectivity index (χ0v) is 14.4. The minimum Gasteiger partial charge on any atom is -0.300 e. The fourth-order valence-corrected chi connectivity index (χ4v) is 2.32. The predicted molar refractivity (Wildman–Crippen MR) is 94.7 cm³/mol. The first kappa shape index (κ1) is 20.1. The number of carbonyl (C=O) groups excluding carboxylic acids is 1. The lowest BCUT2D eigenvalue weighted by atomic mass is 10.1. The number of ketones is 1. The van der Waals surface area contributed by atoms with Crippen molar-refractivity contribution in [1.29, 1.82) is 0 Å². The Morgan fingerprint density at radius 3 is 1.90 bits per heavy atom. The quantitative estimate of drug-likeness (QED) is 0.240. The van der Waals surface area contributed by atoms with Crippen molar-refractivity contribution in [2.45, 2.75) is 97.3 Å². The van der Waals surface area contributed by atoms with Crippen molar-refractivity contribution in [3.8, 4) is 0 Å². The normalized spacial score (nSPS) is 11.7. The number of hydrogen-bond donors (Lipinski definition) is 0. The molecule has 1 nitrogen and oxygen atoms in total. The maximum Gasteiger partial charge on any atom is 0.132 e. The minimum atomic E-state index is 0.366. The van der Waals surface area contributed by atoms with Gasteiger partial charge in [0.2, 0.25) is 0 Å². The third-order valence-electron chi connectivity index (χ3n) is 3.81. The Labute approximate surface area is 132 Å². The van der Waals surface area contributed by atoms with Gasteiger partial charge in [-0.3, -0.25) is 4.79 Å². The summed E-state index contributed by atoms with van der Waals surface area (Å²) in [7, 11) is 0. The summed E-state index contributed by atoms with van der Waals surface area (Å²) in [5.41, 5.74) is 0. The number of hydrogen-bond acceptors (Lipinski definition) is 1. The molecule has 21 heavy (non-hydrogen) atoms. The SMILES string of the molecule is CCCCCCCCCCC=CCC=CCCC(=O)CC. The molecular formula is C20H36O. The largest absolute Gasteiger partial charge is 0.300 e. The van der Waals surface area contributed by atoms with Gasteiger partial charge in [0.1, 0.15) is 5.78 Å². The molecule has 0 rings (SSSR count). The van der Waals surface area contributed by atoms with Gasteiger partial charge in [-0.1, -0.05) is 83.1 Å². The highest BCUT2D eigenvalue weighted by Gasteiger charge is 1.93. The molecule has 0 saturated heterocycles. The molecule has 0 aliphatic heterocycles. The van der Waals surface area contributed by atoms with E-state index in [4.69, 9.17) is 0 Å². The molecule has 0 atom stereocenters. The van der Waals surface area contributed by atoms with E-state index in [0.717, 1.165) is 12.8 Å². The van der Waals surface area contributed by atoms with Gasteiger partial charge in [0, 0.05) is 12.8 Å².